The highest BCUT2D eigenvalue weighted by Crippen LogP contribution is 2.50. The number of aryl methyl sites for hydroxylation is 1. The lowest BCUT2D eigenvalue weighted by atomic mass is 9.82. The first-order chi connectivity index (χ1) is 8.78. The van der Waals surface area contributed by atoms with Gasteiger partial charge in [-0.1, -0.05) is 6.42 Å². The molecule has 98 valence electrons. The molecule has 2 saturated carbocycles. The fraction of sp³-hybridized carbons (Fsp3) is 0.688. The Morgan fingerprint density at radius 3 is 2.89 bits per heavy atom. The quantitative estimate of drug-likeness (QED) is 0.877. The van der Waals surface area contributed by atoms with Crippen LogP contribution in [0.15, 0.2) is 18.5 Å². The summed E-state index contributed by atoms with van der Waals surface area (Å²) in [7, 11) is 2.09. The maximum absolute atomic E-state index is 4.30. The third-order valence-electron chi connectivity index (χ3n) is 5.23. The van der Waals surface area contributed by atoms with Crippen molar-refractivity contribution in [1.29, 1.82) is 0 Å². The van der Waals surface area contributed by atoms with E-state index in [2.05, 4.69) is 30.3 Å². The molecule has 2 heteroatoms. The standard InChI is InChI=1S/C16H24N2/c1-11-5-6-18-10-15(11)16(17-2)9-14-8-12-3-4-13(14)7-12/h5-6,10,12-14,16-17H,3-4,7-9H2,1-2H3. The minimum atomic E-state index is 0.489. The topological polar surface area (TPSA) is 24.9 Å². The Balaban J connectivity index is 1.72. The van der Waals surface area contributed by atoms with E-state index in [4.69, 9.17) is 0 Å². The molecular weight excluding hydrogens is 220 g/mol. The van der Waals surface area contributed by atoms with Crippen LogP contribution in [-0.2, 0) is 0 Å². The molecule has 0 spiro atoms. The van der Waals surface area contributed by atoms with Crippen LogP contribution >= 0.6 is 0 Å². The van der Waals surface area contributed by atoms with E-state index >= 15 is 0 Å². The van der Waals surface area contributed by atoms with E-state index in [0.29, 0.717) is 6.04 Å². The summed E-state index contributed by atoms with van der Waals surface area (Å²) in [5.41, 5.74) is 2.76. The number of pyridine rings is 1. The number of rotatable bonds is 4. The summed E-state index contributed by atoms with van der Waals surface area (Å²) >= 11 is 0. The molecule has 0 aliphatic heterocycles. The predicted molar refractivity (Wildman–Crippen MR) is 74.3 cm³/mol. The van der Waals surface area contributed by atoms with Gasteiger partial charge in [0.05, 0.1) is 0 Å². The van der Waals surface area contributed by atoms with Gasteiger partial charge in [-0.05, 0) is 74.6 Å². The SMILES string of the molecule is CNC(CC1CC2CCC1C2)c1cnccc1C. The molecule has 2 nitrogen and oxygen atoms in total. The van der Waals surface area contributed by atoms with Crippen LogP contribution in [0, 0.1) is 24.7 Å². The number of nitrogens with zero attached hydrogens (tertiary/aromatic N) is 1. The third-order valence-corrected chi connectivity index (χ3v) is 5.23. The van der Waals surface area contributed by atoms with Crippen molar-refractivity contribution in [2.75, 3.05) is 7.05 Å². The molecule has 4 unspecified atom stereocenters. The Kier molecular flexibility index (Phi) is 3.38. The second kappa shape index (κ2) is 5.00. The van der Waals surface area contributed by atoms with Gasteiger partial charge in [0.2, 0.25) is 0 Å². The Morgan fingerprint density at radius 1 is 1.39 bits per heavy atom. The average molecular weight is 244 g/mol. The molecule has 0 amide bonds. The Labute approximate surface area is 110 Å². The van der Waals surface area contributed by atoms with Gasteiger partial charge in [-0.25, -0.2) is 0 Å². The molecule has 0 aromatic carbocycles. The van der Waals surface area contributed by atoms with E-state index in [1.54, 1.807) is 0 Å². The summed E-state index contributed by atoms with van der Waals surface area (Å²) in [5, 5.41) is 3.51. The Morgan fingerprint density at radius 2 is 2.28 bits per heavy atom. The number of hydrogen-bond acceptors (Lipinski definition) is 2. The van der Waals surface area contributed by atoms with Gasteiger partial charge in [0, 0.05) is 18.4 Å². The van der Waals surface area contributed by atoms with Gasteiger partial charge in [0.15, 0.2) is 0 Å². The van der Waals surface area contributed by atoms with Crippen molar-refractivity contribution in [3.05, 3.63) is 29.6 Å². The number of aromatic nitrogens is 1. The van der Waals surface area contributed by atoms with E-state index in [9.17, 15) is 0 Å². The van der Waals surface area contributed by atoms with Gasteiger partial charge >= 0.3 is 0 Å². The van der Waals surface area contributed by atoms with Gasteiger partial charge in [0.1, 0.15) is 0 Å². The maximum atomic E-state index is 4.30. The van der Waals surface area contributed by atoms with E-state index in [-0.39, 0.29) is 0 Å². The van der Waals surface area contributed by atoms with Crippen molar-refractivity contribution in [2.24, 2.45) is 17.8 Å². The van der Waals surface area contributed by atoms with Crippen molar-refractivity contribution < 1.29 is 0 Å². The van der Waals surface area contributed by atoms with Crippen molar-refractivity contribution in [1.82, 2.24) is 10.3 Å². The monoisotopic (exact) mass is 244 g/mol. The molecule has 2 aliphatic carbocycles. The summed E-state index contributed by atoms with van der Waals surface area (Å²) in [5.74, 6) is 3.01. The van der Waals surface area contributed by atoms with E-state index in [1.807, 2.05) is 12.4 Å². The molecule has 1 aromatic heterocycles. The van der Waals surface area contributed by atoms with Gasteiger partial charge in [-0.2, -0.15) is 0 Å². The number of fused-ring (bicyclic) bond motifs is 2. The van der Waals surface area contributed by atoms with Crippen LogP contribution in [0.5, 0.6) is 0 Å². The molecule has 0 radical (unpaired) electrons. The molecule has 1 heterocycles. The zero-order valence-electron chi connectivity index (χ0n) is 11.5. The molecule has 0 saturated heterocycles. The lowest BCUT2D eigenvalue weighted by molar-refractivity contribution is 0.283. The van der Waals surface area contributed by atoms with Crippen LogP contribution in [0.1, 0.15) is 49.3 Å². The smallest absolute Gasteiger partial charge is 0.0338 e. The van der Waals surface area contributed by atoms with Crippen LogP contribution in [0.25, 0.3) is 0 Å². The zero-order valence-corrected chi connectivity index (χ0v) is 11.5. The van der Waals surface area contributed by atoms with E-state index < -0.39 is 0 Å². The minimum absolute atomic E-state index is 0.489. The molecular formula is C16H24N2. The fourth-order valence-corrected chi connectivity index (χ4v) is 4.21. The largest absolute Gasteiger partial charge is 0.313 e. The third kappa shape index (κ3) is 2.18. The van der Waals surface area contributed by atoms with Crippen LogP contribution in [0.3, 0.4) is 0 Å². The number of nitrogens with one attached hydrogen (secondary N) is 1. The molecule has 1 N–H and O–H groups in total. The molecule has 4 atom stereocenters. The predicted octanol–water partition coefficient (Wildman–Crippen LogP) is 3.48. The van der Waals surface area contributed by atoms with Gasteiger partial charge < -0.3 is 5.32 Å². The zero-order chi connectivity index (χ0) is 12.5. The van der Waals surface area contributed by atoms with Gasteiger partial charge in [-0.15, -0.1) is 0 Å². The highest BCUT2D eigenvalue weighted by molar-refractivity contribution is 5.25. The molecule has 1 aromatic rings. The molecule has 18 heavy (non-hydrogen) atoms. The molecule has 2 fully saturated rings. The van der Waals surface area contributed by atoms with Crippen LogP contribution < -0.4 is 5.32 Å². The van der Waals surface area contributed by atoms with Crippen LogP contribution in [0.2, 0.25) is 0 Å². The second-order valence-electron chi connectivity index (χ2n) is 6.24. The normalized spacial score (nSPS) is 31.8. The fourth-order valence-electron chi connectivity index (χ4n) is 4.21. The van der Waals surface area contributed by atoms with Crippen molar-refractivity contribution >= 4 is 0 Å². The molecule has 2 bridgehead atoms. The summed E-state index contributed by atoms with van der Waals surface area (Å²) < 4.78 is 0. The van der Waals surface area contributed by atoms with Gasteiger partial charge in [0.25, 0.3) is 0 Å². The second-order valence-corrected chi connectivity index (χ2v) is 6.24. The van der Waals surface area contributed by atoms with Crippen LogP contribution in [0.4, 0.5) is 0 Å². The first-order valence-electron chi connectivity index (χ1n) is 7.35. The molecule has 2 aliphatic rings. The van der Waals surface area contributed by atoms with E-state index in [0.717, 1.165) is 17.8 Å². The van der Waals surface area contributed by atoms with Crippen molar-refractivity contribution in [3.8, 4) is 0 Å². The first-order valence-corrected chi connectivity index (χ1v) is 7.35. The average Bonchev–Trinajstić information content (AvgIpc) is 2.99. The summed E-state index contributed by atoms with van der Waals surface area (Å²) in [6.45, 7) is 2.20. The number of hydrogen-bond donors (Lipinski definition) is 1. The summed E-state index contributed by atoms with van der Waals surface area (Å²) in [6, 6.07) is 2.61. The summed E-state index contributed by atoms with van der Waals surface area (Å²) in [4.78, 5) is 4.30. The Hall–Kier alpha value is -0.890. The molecule has 3 rings (SSSR count). The lowest BCUT2D eigenvalue weighted by Crippen LogP contribution is -2.23. The lowest BCUT2D eigenvalue weighted by Gasteiger charge is -2.27. The maximum Gasteiger partial charge on any atom is 0.0338 e. The van der Waals surface area contributed by atoms with E-state index in [1.165, 1.54) is 43.2 Å². The minimum Gasteiger partial charge on any atom is -0.313 e. The first kappa shape index (κ1) is 12.2. The van der Waals surface area contributed by atoms with Crippen LogP contribution in [-0.4, -0.2) is 12.0 Å². The Bertz CT molecular complexity index is 415. The van der Waals surface area contributed by atoms with Crippen molar-refractivity contribution in [2.45, 2.75) is 45.1 Å². The highest BCUT2D eigenvalue weighted by atomic mass is 14.9. The van der Waals surface area contributed by atoms with Gasteiger partial charge in [-0.3, -0.25) is 4.98 Å². The highest BCUT2D eigenvalue weighted by Gasteiger charge is 2.40. The summed E-state index contributed by atoms with van der Waals surface area (Å²) in [6.07, 6.45) is 11.2. The van der Waals surface area contributed by atoms with Crippen molar-refractivity contribution in [3.63, 3.8) is 0 Å².